The number of hydrogen-bond acceptors (Lipinski definition) is 5. The van der Waals surface area contributed by atoms with Crippen molar-refractivity contribution in [3.05, 3.63) is 35.2 Å². The third-order valence-corrected chi connectivity index (χ3v) is 3.80. The summed E-state index contributed by atoms with van der Waals surface area (Å²) >= 11 is 5.84. The topological polar surface area (TPSA) is 79.5 Å². The highest BCUT2D eigenvalue weighted by molar-refractivity contribution is 6.30. The summed E-state index contributed by atoms with van der Waals surface area (Å²) in [6.45, 7) is 1.73. The van der Waals surface area contributed by atoms with Crippen LogP contribution in [0.15, 0.2) is 28.8 Å². The molecular weight excluding hydrogens is 294 g/mol. The largest absolute Gasteiger partial charge is 0.481 e. The fourth-order valence-corrected chi connectivity index (χ4v) is 2.53. The van der Waals surface area contributed by atoms with Crippen molar-refractivity contribution in [1.29, 1.82) is 0 Å². The Kier molecular flexibility index (Phi) is 3.90. The summed E-state index contributed by atoms with van der Waals surface area (Å²) in [7, 11) is 0. The van der Waals surface area contributed by atoms with Crippen molar-refractivity contribution in [2.45, 2.75) is 13.0 Å². The molecule has 0 amide bonds. The second kappa shape index (κ2) is 5.83. The van der Waals surface area contributed by atoms with Gasteiger partial charge in [-0.1, -0.05) is 16.8 Å². The molecule has 1 aromatic carbocycles. The van der Waals surface area contributed by atoms with E-state index in [4.69, 9.17) is 21.2 Å². The highest BCUT2D eigenvalue weighted by atomic mass is 35.5. The highest BCUT2D eigenvalue weighted by Crippen LogP contribution is 2.21. The predicted molar refractivity (Wildman–Crippen MR) is 75.8 cm³/mol. The smallest absolute Gasteiger partial charge is 0.307 e. The van der Waals surface area contributed by atoms with E-state index in [1.165, 1.54) is 0 Å². The summed E-state index contributed by atoms with van der Waals surface area (Å²) in [4.78, 5) is 17.3. The fraction of sp³-hybridized carbons (Fsp3) is 0.357. The standard InChI is InChI=1S/C14H14ClN3O3/c15-11-3-1-9(2-4-11)13-16-12(21-17-13)8-18-6-5-10(7-18)14(19)20/h1-4,10H,5-8H2,(H,19,20). The van der Waals surface area contributed by atoms with Crippen molar-refractivity contribution in [3.63, 3.8) is 0 Å². The minimum absolute atomic E-state index is 0.302. The van der Waals surface area contributed by atoms with E-state index < -0.39 is 5.97 Å². The third kappa shape index (κ3) is 3.22. The first-order chi connectivity index (χ1) is 10.1. The van der Waals surface area contributed by atoms with Crippen LogP contribution >= 0.6 is 11.6 Å². The van der Waals surface area contributed by atoms with E-state index >= 15 is 0 Å². The lowest BCUT2D eigenvalue weighted by Gasteiger charge is -2.11. The van der Waals surface area contributed by atoms with E-state index in [-0.39, 0.29) is 5.92 Å². The van der Waals surface area contributed by atoms with Crippen LogP contribution in [0.1, 0.15) is 12.3 Å². The van der Waals surface area contributed by atoms with Gasteiger partial charge in [0.25, 0.3) is 0 Å². The molecule has 1 unspecified atom stereocenters. The molecule has 110 valence electrons. The molecule has 2 aromatic rings. The molecule has 1 fully saturated rings. The molecule has 1 N–H and O–H groups in total. The number of carboxylic acids is 1. The third-order valence-electron chi connectivity index (χ3n) is 3.55. The van der Waals surface area contributed by atoms with Gasteiger partial charge in [0.1, 0.15) is 0 Å². The Morgan fingerprint density at radius 1 is 1.43 bits per heavy atom. The maximum Gasteiger partial charge on any atom is 0.307 e. The minimum Gasteiger partial charge on any atom is -0.481 e. The number of carbonyl (C=O) groups is 1. The first-order valence-corrected chi connectivity index (χ1v) is 7.03. The summed E-state index contributed by atoms with van der Waals surface area (Å²) in [6, 6.07) is 7.19. The van der Waals surface area contributed by atoms with E-state index in [2.05, 4.69) is 10.1 Å². The van der Waals surface area contributed by atoms with Crippen LogP contribution < -0.4 is 0 Å². The molecule has 1 saturated heterocycles. The molecule has 7 heteroatoms. The van der Waals surface area contributed by atoms with Gasteiger partial charge in [-0.2, -0.15) is 4.98 Å². The van der Waals surface area contributed by atoms with E-state index in [9.17, 15) is 4.79 Å². The molecule has 1 atom stereocenters. The van der Waals surface area contributed by atoms with Gasteiger partial charge in [0.05, 0.1) is 12.5 Å². The lowest BCUT2D eigenvalue weighted by Crippen LogP contribution is -2.22. The van der Waals surface area contributed by atoms with Gasteiger partial charge in [-0.15, -0.1) is 0 Å². The molecule has 0 aliphatic carbocycles. The van der Waals surface area contributed by atoms with Gasteiger partial charge < -0.3 is 9.63 Å². The number of likely N-dealkylation sites (tertiary alicyclic amines) is 1. The lowest BCUT2D eigenvalue weighted by molar-refractivity contribution is -0.141. The zero-order chi connectivity index (χ0) is 14.8. The number of aliphatic carboxylic acids is 1. The Balaban J connectivity index is 1.66. The molecule has 21 heavy (non-hydrogen) atoms. The van der Waals surface area contributed by atoms with Gasteiger partial charge in [-0.3, -0.25) is 9.69 Å². The van der Waals surface area contributed by atoms with Crippen LogP contribution in [-0.4, -0.2) is 39.2 Å². The van der Waals surface area contributed by atoms with Crippen molar-refractivity contribution in [2.24, 2.45) is 5.92 Å². The Bertz CT molecular complexity index is 641. The zero-order valence-electron chi connectivity index (χ0n) is 11.2. The van der Waals surface area contributed by atoms with Gasteiger partial charge in [0, 0.05) is 17.1 Å². The molecule has 3 rings (SSSR count). The van der Waals surface area contributed by atoms with Crippen molar-refractivity contribution in [2.75, 3.05) is 13.1 Å². The summed E-state index contributed by atoms with van der Waals surface area (Å²) < 4.78 is 5.22. The van der Waals surface area contributed by atoms with E-state index in [1.807, 2.05) is 17.0 Å². The van der Waals surface area contributed by atoms with Crippen molar-refractivity contribution >= 4 is 17.6 Å². The molecule has 1 aliphatic heterocycles. The molecule has 1 aliphatic rings. The first kappa shape index (κ1) is 14.0. The van der Waals surface area contributed by atoms with Gasteiger partial charge in [-0.05, 0) is 37.2 Å². The lowest BCUT2D eigenvalue weighted by atomic mass is 10.1. The number of carboxylic acid groups (broad SMARTS) is 1. The minimum atomic E-state index is -0.745. The van der Waals surface area contributed by atoms with Crippen LogP contribution in [0.4, 0.5) is 0 Å². The van der Waals surface area contributed by atoms with Gasteiger partial charge >= 0.3 is 5.97 Å². The number of halogens is 1. The quantitative estimate of drug-likeness (QED) is 0.933. The predicted octanol–water partition coefficient (Wildman–Crippen LogP) is 2.30. The molecular formula is C14H14ClN3O3. The summed E-state index contributed by atoms with van der Waals surface area (Å²) in [6.07, 6.45) is 0.660. The monoisotopic (exact) mass is 307 g/mol. The van der Waals surface area contributed by atoms with Crippen LogP contribution in [0, 0.1) is 5.92 Å². The van der Waals surface area contributed by atoms with Crippen LogP contribution in [0.2, 0.25) is 5.02 Å². The fourth-order valence-electron chi connectivity index (χ4n) is 2.40. The van der Waals surface area contributed by atoms with Crippen LogP contribution in [0.5, 0.6) is 0 Å². The first-order valence-electron chi connectivity index (χ1n) is 6.65. The molecule has 6 nitrogen and oxygen atoms in total. The van der Waals surface area contributed by atoms with Gasteiger partial charge in [-0.25, -0.2) is 0 Å². The van der Waals surface area contributed by atoms with Crippen molar-refractivity contribution in [1.82, 2.24) is 15.0 Å². The average Bonchev–Trinajstić information content (AvgIpc) is 3.10. The molecule has 0 saturated carbocycles. The van der Waals surface area contributed by atoms with Crippen LogP contribution in [0.25, 0.3) is 11.4 Å². The van der Waals surface area contributed by atoms with Crippen LogP contribution in [0.3, 0.4) is 0 Å². The van der Waals surface area contributed by atoms with Gasteiger partial charge in [0.2, 0.25) is 11.7 Å². The Morgan fingerprint density at radius 2 is 2.19 bits per heavy atom. The Hall–Kier alpha value is -1.92. The zero-order valence-corrected chi connectivity index (χ0v) is 12.0. The van der Waals surface area contributed by atoms with Crippen LogP contribution in [-0.2, 0) is 11.3 Å². The normalized spacial score (nSPS) is 19.0. The number of nitrogens with zero attached hydrogens (tertiary/aromatic N) is 3. The van der Waals surface area contributed by atoms with E-state index in [1.54, 1.807) is 12.1 Å². The Labute approximate surface area is 126 Å². The van der Waals surface area contributed by atoms with E-state index in [0.717, 1.165) is 12.1 Å². The molecule has 2 heterocycles. The highest BCUT2D eigenvalue weighted by Gasteiger charge is 2.28. The number of benzene rings is 1. The summed E-state index contributed by atoms with van der Waals surface area (Å²) in [5.41, 5.74) is 0.833. The summed E-state index contributed by atoms with van der Waals surface area (Å²) in [5, 5.41) is 13.6. The summed E-state index contributed by atoms with van der Waals surface area (Å²) in [5.74, 6) is -0.0461. The number of aromatic nitrogens is 2. The maximum atomic E-state index is 10.9. The van der Waals surface area contributed by atoms with Gasteiger partial charge in [0.15, 0.2) is 0 Å². The Morgan fingerprint density at radius 3 is 2.86 bits per heavy atom. The number of rotatable bonds is 4. The molecule has 0 radical (unpaired) electrons. The average molecular weight is 308 g/mol. The molecule has 0 bridgehead atoms. The van der Waals surface area contributed by atoms with E-state index in [0.29, 0.717) is 36.2 Å². The second-order valence-electron chi connectivity index (χ2n) is 5.08. The second-order valence-corrected chi connectivity index (χ2v) is 5.51. The molecule has 1 aromatic heterocycles. The molecule has 0 spiro atoms. The van der Waals surface area contributed by atoms with Crippen molar-refractivity contribution < 1.29 is 14.4 Å². The van der Waals surface area contributed by atoms with Crippen molar-refractivity contribution in [3.8, 4) is 11.4 Å². The SMILES string of the molecule is O=C(O)C1CCN(Cc2nc(-c3ccc(Cl)cc3)no2)C1. The number of hydrogen-bond donors (Lipinski definition) is 1. The maximum absolute atomic E-state index is 10.9.